The third-order valence-corrected chi connectivity index (χ3v) is 1.99. The minimum absolute atomic E-state index is 0.0538. The lowest BCUT2D eigenvalue weighted by Gasteiger charge is -2.24. The highest BCUT2D eigenvalue weighted by molar-refractivity contribution is 5.97. The van der Waals surface area contributed by atoms with Crippen LogP contribution in [0.3, 0.4) is 0 Å². The van der Waals surface area contributed by atoms with E-state index in [1.54, 1.807) is 7.11 Å². The number of nitrogens with two attached hydrogens (primary N) is 1. The van der Waals surface area contributed by atoms with Crippen LogP contribution in [0.1, 0.15) is 20.3 Å². The maximum atomic E-state index is 11.1. The molecule has 13 heavy (non-hydrogen) atoms. The van der Waals surface area contributed by atoms with Crippen LogP contribution in [0.15, 0.2) is 4.99 Å². The fourth-order valence-corrected chi connectivity index (χ4v) is 1.06. The molecule has 2 N–H and O–H groups in total. The van der Waals surface area contributed by atoms with Crippen molar-refractivity contribution in [2.45, 2.75) is 32.0 Å². The number of hydrogen-bond acceptors (Lipinski definition) is 4. The maximum Gasteiger partial charge on any atom is 0.291 e. The average Bonchev–Trinajstić information content (AvgIpc) is 2.30. The number of rotatable bonds is 3. The fraction of sp³-hybridized carbons (Fsp3) is 0.750. The molecule has 5 heteroatoms. The summed E-state index contributed by atoms with van der Waals surface area (Å²) in [6.45, 7) is 3.75. The number of carbonyl (C=O) groups excluding carboxylic acids is 1. The second kappa shape index (κ2) is 3.33. The van der Waals surface area contributed by atoms with Gasteiger partial charge >= 0.3 is 0 Å². The molecule has 0 aliphatic carbocycles. The number of aliphatic imine (C=N–C) groups is 1. The predicted molar refractivity (Wildman–Crippen MR) is 47.2 cm³/mol. The molecule has 0 spiro atoms. The van der Waals surface area contributed by atoms with Crippen molar-refractivity contribution < 1.29 is 14.3 Å². The predicted octanol–water partition coefficient (Wildman–Crippen LogP) is 0.0416. The first-order chi connectivity index (χ1) is 5.94. The van der Waals surface area contributed by atoms with Gasteiger partial charge in [-0.25, -0.2) is 0 Å². The van der Waals surface area contributed by atoms with E-state index in [2.05, 4.69) is 4.99 Å². The quantitative estimate of drug-likeness (QED) is 0.675. The Morgan fingerprint density at radius 2 is 2.31 bits per heavy atom. The first kappa shape index (κ1) is 9.98. The van der Waals surface area contributed by atoms with E-state index in [0.29, 0.717) is 6.42 Å². The summed E-state index contributed by atoms with van der Waals surface area (Å²) in [5, 5.41) is 0. The van der Waals surface area contributed by atoms with Crippen molar-refractivity contribution in [3.05, 3.63) is 0 Å². The van der Waals surface area contributed by atoms with Crippen LogP contribution < -0.4 is 5.73 Å². The van der Waals surface area contributed by atoms with Gasteiger partial charge in [0.2, 0.25) is 0 Å². The van der Waals surface area contributed by atoms with Crippen molar-refractivity contribution in [3.8, 4) is 0 Å². The second-order valence-corrected chi connectivity index (χ2v) is 3.56. The zero-order valence-corrected chi connectivity index (χ0v) is 8.03. The largest absolute Gasteiger partial charge is 0.451 e. The van der Waals surface area contributed by atoms with E-state index in [1.165, 1.54) is 0 Å². The van der Waals surface area contributed by atoms with Gasteiger partial charge < -0.3 is 15.2 Å². The molecule has 0 bridgehead atoms. The molecule has 0 radical (unpaired) electrons. The zero-order valence-electron chi connectivity index (χ0n) is 8.03. The minimum atomic E-state index is -0.588. The molecule has 1 amide bonds. The molecule has 1 aliphatic heterocycles. The fourth-order valence-electron chi connectivity index (χ4n) is 1.06. The van der Waals surface area contributed by atoms with Gasteiger partial charge in [0.1, 0.15) is 0 Å². The van der Waals surface area contributed by atoms with Gasteiger partial charge in [0.15, 0.2) is 6.10 Å². The third-order valence-electron chi connectivity index (χ3n) is 1.99. The summed E-state index contributed by atoms with van der Waals surface area (Å²) in [6.07, 6.45) is -0.137. The zero-order chi connectivity index (χ0) is 10.1. The molecule has 0 saturated carbocycles. The lowest BCUT2D eigenvalue weighted by molar-refractivity contribution is -0.125. The normalized spacial score (nSPS) is 22.8. The van der Waals surface area contributed by atoms with Gasteiger partial charge in [-0.15, -0.1) is 0 Å². The molecule has 1 atom stereocenters. The second-order valence-electron chi connectivity index (χ2n) is 3.56. The van der Waals surface area contributed by atoms with Crippen molar-refractivity contribution >= 4 is 11.9 Å². The Morgan fingerprint density at radius 1 is 1.69 bits per heavy atom. The first-order valence-corrected chi connectivity index (χ1v) is 4.04. The van der Waals surface area contributed by atoms with E-state index in [-0.39, 0.29) is 11.9 Å². The topological polar surface area (TPSA) is 73.9 Å². The first-order valence-electron chi connectivity index (χ1n) is 4.04. The number of nitrogens with zero attached hydrogens (tertiary/aromatic N) is 1. The van der Waals surface area contributed by atoms with E-state index >= 15 is 0 Å². The van der Waals surface area contributed by atoms with Crippen LogP contribution in [0.5, 0.6) is 0 Å². The Bertz CT molecular complexity index is 248. The van der Waals surface area contributed by atoms with Crippen molar-refractivity contribution in [1.29, 1.82) is 0 Å². The summed E-state index contributed by atoms with van der Waals surface area (Å²) in [7, 11) is 1.59. The molecule has 1 heterocycles. The highest BCUT2D eigenvalue weighted by atomic mass is 16.5. The Hall–Kier alpha value is -1.10. The third kappa shape index (κ3) is 2.42. The summed E-state index contributed by atoms with van der Waals surface area (Å²) in [6, 6.07) is -0.0538. The highest BCUT2D eigenvalue weighted by Crippen LogP contribution is 2.20. The number of amides is 1. The van der Waals surface area contributed by atoms with Crippen LogP contribution in [0, 0.1) is 0 Å². The number of ether oxygens (including phenoxy) is 2. The van der Waals surface area contributed by atoms with Crippen LogP contribution in [0.2, 0.25) is 0 Å². The Balaban J connectivity index is 2.54. The van der Waals surface area contributed by atoms with E-state index in [4.69, 9.17) is 15.2 Å². The molecule has 0 aromatic carbocycles. The van der Waals surface area contributed by atoms with Gasteiger partial charge in [-0.1, -0.05) is 0 Å². The summed E-state index contributed by atoms with van der Waals surface area (Å²) >= 11 is 0. The molecule has 0 aromatic heterocycles. The molecule has 0 aromatic rings. The van der Waals surface area contributed by atoms with Crippen LogP contribution in [-0.4, -0.2) is 30.7 Å². The summed E-state index contributed by atoms with van der Waals surface area (Å²) < 4.78 is 10.2. The number of carbonyl (C=O) groups is 1. The molecular weight excluding hydrogens is 172 g/mol. The van der Waals surface area contributed by atoms with Crippen LogP contribution >= 0.6 is 0 Å². The van der Waals surface area contributed by atoms with E-state index in [1.807, 2.05) is 13.8 Å². The Labute approximate surface area is 76.9 Å². The van der Waals surface area contributed by atoms with E-state index < -0.39 is 11.7 Å². The molecule has 0 saturated heterocycles. The van der Waals surface area contributed by atoms with Gasteiger partial charge in [0.05, 0.1) is 5.60 Å². The lowest BCUT2D eigenvalue weighted by Crippen LogP contribution is -2.33. The van der Waals surface area contributed by atoms with E-state index in [9.17, 15) is 4.79 Å². The standard InChI is InChI=1S/C8H14N2O3/c1-8(2,12-3)4-5-6(11)10-7(9)13-5/h5H,4H2,1-3H3,(H2,9,10,11). The minimum Gasteiger partial charge on any atom is -0.451 e. The van der Waals surface area contributed by atoms with Crippen LogP contribution in [0.25, 0.3) is 0 Å². The van der Waals surface area contributed by atoms with Crippen molar-refractivity contribution in [2.75, 3.05) is 7.11 Å². The number of amidine groups is 1. The Morgan fingerprint density at radius 3 is 2.69 bits per heavy atom. The van der Waals surface area contributed by atoms with Gasteiger partial charge in [-0.3, -0.25) is 4.79 Å². The molecule has 0 fully saturated rings. The molecule has 1 rings (SSSR count). The van der Waals surface area contributed by atoms with E-state index in [0.717, 1.165) is 0 Å². The summed E-state index contributed by atoms with van der Waals surface area (Å²) in [5.41, 5.74) is 4.84. The molecule has 74 valence electrons. The van der Waals surface area contributed by atoms with Crippen molar-refractivity contribution in [3.63, 3.8) is 0 Å². The molecule has 1 unspecified atom stereocenters. The number of hydrogen-bond donors (Lipinski definition) is 1. The van der Waals surface area contributed by atoms with Gasteiger partial charge in [0.25, 0.3) is 11.9 Å². The smallest absolute Gasteiger partial charge is 0.291 e. The molecule has 1 aliphatic rings. The van der Waals surface area contributed by atoms with Gasteiger partial charge in [-0.2, -0.15) is 4.99 Å². The van der Waals surface area contributed by atoms with Gasteiger partial charge in [0, 0.05) is 13.5 Å². The van der Waals surface area contributed by atoms with Crippen molar-refractivity contribution in [2.24, 2.45) is 10.7 Å². The lowest BCUT2D eigenvalue weighted by atomic mass is 10.0. The van der Waals surface area contributed by atoms with Crippen LogP contribution in [-0.2, 0) is 14.3 Å². The SMILES string of the molecule is COC(C)(C)CC1OC(N)=NC1=O. The maximum absolute atomic E-state index is 11.1. The summed E-state index contributed by atoms with van der Waals surface area (Å²) in [5.74, 6) is -0.331. The highest BCUT2D eigenvalue weighted by Gasteiger charge is 2.33. The Kier molecular flexibility index (Phi) is 2.56. The molecular formula is C8H14N2O3. The van der Waals surface area contributed by atoms with Gasteiger partial charge in [-0.05, 0) is 13.8 Å². The average molecular weight is 186 g/mol. The van der Waals surface area contributed by atoms with Crippen LogP contribution in [0.4, 0.5) is 0 Å². The summed E-state index contributed by atoms with van der Waals surface area (Å²) in [4.78, 5) is 14.6. The number of methoxy groups -OCH3 is 1. The van der Waals surface area contributed by atoms with Crippen molar-refractivity contribution in [1.82, 2.24) is 0 Å². The molecule has 5 nitrogen and oxygen atoms in total. The monoisotopic (exact) mass is 186 g/mol.